The number of nitrogens with zero attached hydrogens (tertiary/aromatic N) is 1. The molecule has 1 heterocycles. The summed E-state index contributed by atoms with van der Waals surface area (Å²) >= 11 is 0. The van der Waals surface area contributed by atoms with Crippen molar-refractivity contribution in [1.82, 2.24) is 4.90 Å². The second-order valence-electron chi connectivity index (χ2n) is 6.53. The Morgan fingerprint density at radius 1 is 1.14 bits per heavy atom. The fourth-order valence-electron chi connectivity index (χ4n) is 3.73. The number of fused-ring (bicyclic) bond motifs is 1. The van der Waals surface area contributed by atoms with Crippen molar-refractivity contribution in [2.24, 2.45) is 5.92 Å². The van der Waals surface area contributed by atoms with Crippen LogP contribution in [-0.2, 0) is 11.2 Å². The molecule has 1 aromatic carbocycles. The molecule has 3 rings (SSSR count). The van der Waals surface area contributed by atoms with Crippen LogP contribution in [0.4, 0.5) is 5.69 Å². The highest BCUT2D eigenvalue weighted by atomic mass is 16.2. The highest BCUT2D eigenvalue weighted by Gasteiger charge is 2.30. The third-order valence-electron chi connectivity index (χ3n) is 5.09. The number of carbonyl (C=O) groups is 1. The third kappa shape index (κ3) is 3.22. The molecule has 0 radical (unpaired) electrons. The molecule has 3 heteroatoms. The molecule has 1 amide bonds. The SMILES string of the molecule is CN(C(=O)C1CNc2ccccc2C1)C1CCCCCC1. The van der Waals surface area contributed by atoms with Crippen molar-refractivity contribution < 1.29 is 4.79 Å². The number of carbonyl (C=O) groups excluding carboxylic acids is 1. The second-order valence-corrected chi connectivity index (χ2v) is 6.53. The molecular formula is C18H26N2O. The van der Waals surface area contributed by atoms with Crippen LogP contribution in [0.3, 0.4) is 0 Å². The molecule has 1 saturated carbocycles. The Hall–Kier alpha value is -1.51. The zero-order valence-corrected chi connectivity index (χ0v) is 13.0. The average Bonchev–Trinajstić information content (AvgIpc) is 2.82. The summed E-state index contributed by atoms with van der Waals surface area (Å²) in [7, 11) is 2.01. The standard InChI is InChI=1S/C18H26N2O/c1-20(16-9-4-2-3-5-10-16)18(21)15-12-14-8-6-7-11-17(14)19-13-15/h6-8,11,15-16,19H,2-5,9-10,12-13H2,1H3. The minimum absolute atomic E-state index is 0.0909. The third-order valence-corrected chi connectivity index (χ3v) is 5.09. The summed E-state index contributed by atoms with van der Waals surface area (Å²) in [5.74, 6) is 0.414. The largest absolute Gasteiger partial charge is 0.384 e. The molecule has 1 aliphatic heterocycles. The summed E-state index contributed by atoms with van der Waals surface area (Å²) in [5, 5.41) is 3.42. The van der Waals surface area contributed by atoms with Gasteiger partial charge in [0.25, 0.3) is 0 Å². The maximum absolute atomic E-state index is 12.8. The van der Waals surface area contributed by atoms with E-state index in [4.69, 9.17) is 0 Å². The molecule has 1 fully saturated rings. The van der Waals surface area contributed by atoms with Crippen LogP contribution in [0, 0.1) is 5.92 Å². The summed E-state index contributed by atoms with van der Waals surface area (Å²) in [6.45, 7) is 0.771. The maximum Gasteiger partial charge on any atom is 0.227 e. The number of anilines is 1. The van der Waals surface area contributed by atoms with E-state index in [1.54, 1.807) is 0 Å². The Kier molecular flexibility index (Phi) is 4.47. The van der Waals surface area contributed by atoms with Crippen molar-refractivity contribution in [2.45, 2.75) is 51.0 Å². The summed E-state index contributed by atoms with van der Waals surface area (Å²) in [4.78, 5) is 14.9. The molecule has 1 aromatic rings. The molecule has 114 valence electrons. The number of amides is 1. The van der Waals surface area contributed by atoms with Crippen LogP contribution in [0.25, 0.3) is 0 Å². The lowest BCUT2D eigenvalue weighted by molar-refractivity contribution is -0.136. The van der Waals surface area contributed by atoms with Crippen LogP contribution >= 0.6 is 0 Å². The molecular weight excluding hydrogens is 260 g/mol. The summed E-state index contributed by atoms with van der Waals surface area (Å²) in [6.07, 6.45) is 8.44. The summed E-state index contributed by atoms with van der Waals surface area (Å²) < 4.78 is 0. The number of benzene rings is 1. The first kappa shape index (κ1) is 14.4. The van der Waals surface area contributed by atoms with Gasteiger partial charge < -0.3 is 10.2 Å². The van der Waals surface area contributed by atoms with Crippen LogP contribution in [0.1, 0.15) is 44.1 Å². The molecule has 1 atom stereocenters. The van der Waals surface area contributed by atoms with E-state index in [0.29, 0.717) is 11.9 Å². The van der Waals surface area contributed by atoms with Crippen LogP contribution in [0.5, 0.6) is 0 Å². The van der Waals surface area contributed by atoms with Crippen molar-refractivity contribution in [3.8, 4) is 0 Å². The van der Waals surface area contributed by atoms with Gasteiger partial charge in [-0.2, -0.15) is 0 Å². The van der Waals surface area contributed by atoms with E-state index in [0.717, 1.165) is 13.0 Å². The minimum Gasteiger partial charge on any atom is -0.384 e. The van der Waals surface area contributed by atoms with Crippen molar-refractivity contribution in [1.29, 1.82) is 0 Å². The predicted octanol–water partition coefficient (Wildman–Crippen LogP) is 3.45. The van der Waals surface area contributed by atoms with Gasteiger partial charge in [-0.1, -0.05) is 43.9 Å². The first-order chi connectivity index (χ1) is 10.3. The van der Waals surface area contributed by atoms with Crippen LogP contribution in [0.15, 0.2) is 24.3 Å². The van der Waals surface area contributed by atoms with Gasteiger partial charge in [0, 0.05) is 25.3 Å². The van der Waals surface area contributed by atoms with E-state index in [1.807, 2.05) is 18.0 Å². The monoisotopic (exact) mass is 286 g/mol. The van der Waals surface area contributed by atoms with Crippen LogP contribution in [-0.4, -0.2) is 30.4 Å². The lowest BCUT2D eigenvalue weighted by Crippen LogP contribution is -2.44. The number of hydrogen-bond acceptors (Lipinski definition) is 2. The minimum atomic E-state index is 0.0909. The van der Waals surface area contributed by atoms with Gasteiger partial charge in [0.2, 0.25) is 5.91 Å². The van der Waals surface area contributed by atoms with E-state index in [1.165, 1.54) is 49.8 Å². The summed E-state index contributed by atoms with van der Waals surface area (Å²) in [5.41, 5.74) is 2.47. The van der Waals surface area contributed by atoms with Gasteiger partial charge in [0.15, 0.2) is 0 Å². The lowest BCUT2D eigenvalue weighted by atomic mass is 9.92. The fraction of sp³-hybridized carbons (Fsp3) is 0.611. The molecule has 1 aliphatic carbocycles. The molecule has 0 aromatic heterocycles. The van der Waals surface area contributed by atoms with Gasteiger partial charge in [-0.3, -0.25) is 4.79 Å². The van der Waals surface area contributed by atoms with E-state index in [-0.39, 0.29) is 5.92 Å². The van der Waals surface area contributed by atoms with Gasteiger partial charge in [-0.25, -0.2) is 0 Å². The molecule has 0 spiro atoms. The Balaban J connectivity index is 1.65. The van der Waals surface area contributed by atoms with Gasteiger partial charge >= 0.3 is 0 Å². The first-order valence-corrected chi connectivity index (χ1v) is 8.34. The average molecular weight is 286 g/mol. The fourth-order valence-corrected chi connectivity index (χ4v) is 3.73. The number of nitrogens with one attached hydrogen (secondary N) is 1. The molecule has 3 nitrogen and oxygen atoms in total. The smallest absolute Gasteiger partial charge is 0.227 e. The Labute approximate surface area is 127 Å². The molecule has 21 heavy (non-hydrogen) atoms. The molecule has 0 saturated heterocycles. The summed E-state index contributed by atoms with van der Waals surface area (Å²) in [6, 6.07) is 8.80. The quantitative estimate of drug-likeness (QED) is 0.845. The van der Waals surface area contributed by atoms with Gasteiger partial charge in [-0.15, -0.1) is 0 Å². The van der Waals surface area contributed by atoms with Crippen molar-refractivity contribution in [3.05, 3.63) is 29.8 Å². The lowest BCUT2D eigenvalue weighted by Gasteiger charge is -2.33. The van der Waals surface area contributed by atoms with Crippen molar-refractivity contribution in [3.63, 3.8) is 0 Å². The molecule has 2 aliphatic rings. The van der Waals surface area contributed by atoms with Crippen LogP contribution < -0.4 is 5.32 Å². The number of hydrogen-bond donors (Lipinski definition) is 1. The normalized spacial score (nSPS) is 22.8. The number of para-hydroxylation sites is 1. The van der Waals surface area contributed by atoms with Gasteiger partial charge in [-0.05, 0) is 30.9 Å². The first-order valence-electron chi connectivity index (χ1n) is 8.34. The van der Waals surface area contributed by atoms with Gasteiger partial charge in [0.05, 0.1) is 5.92 Å². The Morgan fingerprint density at radius 3 is 2.62 bits per heavy atom. The zero-order valence-electron chi connectivity index (χ0n) is 13.0. The molecule has 0 bridgehead atoms. The van der Waals surface area contributed by atoms with E-state index in [2.05, 4.69) is 23.5 Å². The molecule has 1 unspecified atom stereocenters. The van der Waals surface area contributed by atoms with Gasteiger partial charge in [0.1, 0.15) is 0 Å². The maximum atomic E-state index is 12.8. The van der Waals surface area contributed by atoms with E-state index >= 15 is 0 Å². The number of rotatable bonds is 2. The van der Waals surface area contributed by atoms with Crippen molar-refractivity contribution in [2.75, 3.05) is 18.9 Å². The van der Waals surface area contributed by atoms with Crippen molar-refractivity contribution >= 4 is 11.6 Å². The topological polar surface area (TPSA) is 32.3 Å². The second kappa shape index (κ2) is 6.50. The zero-order chi connectivity index (χ0) is 14.7. The highest BCUT2D eigenvalue weighted by molar-refractivity contribution is 5.81. The Bertz CT molecular complexity index is 492. The van der Waals surface area contributed by atoms with E-state index in [9.17, 15) is 4.79 Å². The van der Waals surface area contributed by atoms with E-state index < -0.39 is 0 Å². The predicted molar refractivity (Wildman–Crippen MR) is 86.4 cm³/mol. The molecule has 1 N–H and O–H groups in total. The highest BCUT2D eigenvalue weighted by Crippen LogP contribution is 2.27. The Morgan fingerprint density at radius 2 is 1.86 bits per heavy atom. The van der Waals surface area contributed by atoms with Crippen LogP contribution in [0.2, 0.25) is 0 Å².